The lowest BCUT2D eigenvalue weighted by Gasteiger charge is -2.07. The highest BCUT2D eigenvalue weighted by molar-refractivity contribution is 6.30. The molecule has 0 unspecified atom stereocenters. The fraction of sp³-hybridized carbons (Fsp3) is 0.0769. The first-order chi connectivity index (χ1) is 9.13. The molecule has 98 valence electrons. The lowest BCUT2D eigenvalue weighted by molar-refractivity contribution is -0.118. The summed E-state index contributed by atoms with van der Waals surface area (Å²) in [7, 11) is 0. The summed E-state index contributed by atoms with van der Waals surface area (Å²) >= 11 is 5.80. The summed E-state index contributed by atoms with van der Waals surface area (Å²) in [6.07, 6.45) is 1.48. The number of carbonyl (C=O) groups is 1. The molecule has 0 atom stereocenters. The zero-order chi connectivity index (χ0) is 13.7. The van der Waals surface area contributed by atoms with Crippen LogP contribution in [0.5, 0.6) is 5.75 Å². The zero-order valence-corrected chi connectivity index (χ0v) is 10.7. The number of rotatable bonds is 4. The summed E-state index contributed by atoms with van der Waals surface area (Å²) in [5.41, 5.74) is 6.01. The number of nitrogens with one attached hydrogen (secondary N) is 1. The van der Waals surface area contributed by atoms with Gasteiger partial charge in [-0.3, -0.25) is 4.79 Å². The van der Waals surface area contributed by atoms with Gasteiger partial charge in [0.15, 0.2) is 6.61 Å². The number of amides is 1. The zero-order valence-electron chi connectivity index (χ0n) is 9.97. The number of benzene rings is 1. The smallest absolute Gasteiger partial charge is 0.262 e. The Bertz CT molecular complexity index is 572. The van der Waals surface area contributed by atoms with E-state index in [9.17, 15) is 4.79 Å². The Labute approximate surface area is 115 Å². The van der Waals surface area contributed by atoms with Gasteiger partial charge in [-0.2, -0.15) is 0 Å². The Kier molecular flexibility index (Phi) is 4.20. The van der Waals surface area contributed by atoms with Gasteiger partial charge in [0.05, 0.1) is 11.9 Å². The Balaban J connectivity index is 1.86. The summed E-state index contributed by atoms with van der Waals surface area (Å²) < 4.78 is 5.30. The van der Waals surface area contributed by atoms with Gasteiger partial charge in [-0.1, -0.05) is 17.7 Å². The molecule has 6 heteroatoms. The van der Waals surface area contributed by atoms with Crippen LogP contribution in [0.2, 0.25) is 5.02 Å². The average molecular weight is 278 g/mol. The summed E-state index contributed by atoms with van der Waals surface area (Å²) in [5, 5.41) is 3.20. The maximum absolute atomic E-state index is 11.6. The topological polar surface area (TPSA) is 77.2 Å². The fourth-order valence-corrected chi connectivity index (χ4v) is 1.56. The van der Waals surface area contributed by atoms with E-state index in [0.29, 0.717) is 22.3 Å². The number of hydrogen-bond donors (Lipinski definition) is 2. The highest BCUT2D eigenvalue weighted by Crippen LogP contribution is 2.17. The van der Waals surface area contributed by atoms with E-state index in [1.807, 2.05) is 0 Å². The molecule has 1 aromatic heterocycles. The van der Waals surface area contributed by atoms with E-state index < -0.39 is 0 Å². The minimum Gasteiger partial charge on any atom is -0.484 e. The van der Waals surface area contributed by atoms with E-state index in [1.165, 1.54) is 6.20 Å². The SMILES string of the molecule is Nc1ccc(NC(=O)COc2cccc(Cl)c2)cn1. The predicted molar refractivity (Wildman–Crippen MR) is 74.2 cm³/mol. The molecule has 2 rings (SSSR count). The summed E-state index contributed by atoms with van der Waals surface area (Å²) in [4.78, 5) is 15.5. The van der Waals surface area contributed by atoms with E-state index in [0.717, 1.165) is 0 Å². The molecule has 0 aliphatic rings. The molecule has 1 amide bonds. The van der Waals surface area contributed by atoms with Crippen LogP contribution in [-0.2, 0) is 4.79 Å². The minimum absolute atomic E-state index is 0.106. The van der Waals surface area contributed by atoms with Gasteiger partial charge >= 0.3 is 0 Å². The van der Waals surface area contributed by atoms with Crippen LogP contribution in [0.25, 0.3) is 0 Å². The predicted octanol–water partition coefficient (Wildman–Crippen LogP) is 2.33. The molecular formula is C13H12ClN3O2. The molecule has 0 saturated heterocycles. The number of ether oxygens (including phenoxy) is 1. The van der Waals surface area contributed by atoms with Gasteiger partial charge < -0.3 is 15.8 Å². The molecule has 0 radical (unpaired) electrons. The number of hydrogen-bond acceptors (Lipinski definition) is 4. The number of carbonyl (C=O) groups excluding carboxylic acids is 1. The number of pyridine rings is 1. The molecule has 0 spiro atoms. The van der Waals surface area contributed by atoms with E-state index in [1.54, 1.807) is 36.4 Å². The fourth-order valence-electron chi connectivity index (χ4n) is 1.38. The maximum Gasteiger partial charge on any atom is 0.262 e. The third-order valence-electron chi connectivity index (χ3n) is 2.24. The second-order valence-electron chi connectivity index (χ2n) is 3.77. The van der Waals surface area contributed by atoms with Crippen LogP contribution in [0.1, 0.15) is 0 Å². The van der Waals surface area contributed by atoms with Crippen molar-refractivity contribution in [1.82, 2.24) is 4.98 Å². The van der Waals surface area contributed by atoms with Crippen LogP contribution in [0.15, 0.2) is 42.6 Å². The lowest BCUT2D eigenvalue weighted by atomic mass is 10.3. The summed E-state index contributed by atoms with van der Waals surface area (Å²) in [5.74, 6) is 0.651. The molecule has 1 heterocycles. The largest absolute Gasteiger partial charge is 0.484 e. The first-order valence-corrected chi connectivity index (χ1v) is 5.91. The van der Waals surface area contributed by atoms with Gasteiger partial charge in [0.2, 0.25) is 0 Å². The van der Waals surface area contributed by atoms with Crippen LogP contribution < -0.4 is 15.8 Å². The quantitative estimate of drug-likeness (QED) is 0.899. The number of halogens is 1. The first kappa shape index (κ1) is 13.2. The molecular weight excluding hydrogens is 266 g/mol. The third-order valence-corrected chi connectivity index (χ3v) is 2.47. The highest BCUT2D eigenvalue weighted by Gasteiger charge is 2.04. The molecule has 0 bridgehead atoms. The van der Waals surface area contributed by atoms with Crippen LogP contribution >= 0.6 is 11.6 Å². The number of nitrogens with zero attached hydrogens (tertiary/aromatic N) is 1. The lowest BCUT2D eigenvalue weighted by Crippen LogP contribution is -2.20. The second kappa shape index (κ2) is 6.06. The van der Waals surface area contributed by atoms with Gasteiger partial charge in [0, 0.05) is 5.02 Å². The monoisotopic (exact) mass is 277 g/mol. The van der Waals surface area contributed by atoms with E-state index in [2.05, 4.69) is 10.3 Å². The Morgan fingerprint density at radius 2 is 2.21 bits per heavy atom. The third kappa shape index (κ3) is 4.15. The van der Waals surface area contributed by atoms with Gasteiger partial charge in [0.25, 0.3) is 5.91 Å². The van der Waals surface area contributed by atoms with Crippen molar-refractivity contribution in [1.29, 1.82) is 0 Å². The van der Waals surface area contributed by atoms with Crippen molar-refractivity contribution in [2.24, 2.45) is 0 Å². The maximum atomic E-state index is 11.6. The van der Waals surface area contributed by atoms with Gasteiger partial charge in [0.1, 0.15) is 11.6 Å². The highest BCUT2D eigenvalue weighted by atomic mass is 35.5. The number of nitrogen functional groups attached to an aromatic ring is 1. The van der Waals surface area contributed by atoms with Crippen LogP contribution in [0, 0.1) is 0 Å². The van der Waals surface area contributed by atoms with Crippen LogP contribution in [-0.4, -0.2) is 17.5 Å². The molecule has 0 saturated carbocycles. The molecule has 2 aromatic rings. The van der Waals surface area contributed by atoms with Crippen molar-refractivity contribution in [3.05, 3.63) is 47.6 Å². The standard InChI is InChI=1S/C13H12ClN3O2/c14-9-2-1-3-11(6-9)19-8-13(18)17-10-4-5-12(15)16-7-10/h1-7H,8H2,(H2,15,16)(H,17,18). The van der Waals surface area contributed by atoms with Gasteiger partial charge in [-0.15, -0.1) is 0 Å². The van der Waals surface area contributed by atoms with Crippen molar-refractivity contribution in [3.63, 3.8) is 0 Å². The van der Waals surface area contributed by atoms with Gasteiger partial charge in [-0.25, -0.2) is 4.98 Å². The second-order valence-corrected chi connectivity index (χ2v) is 4.20. The normalized spacial score (nSPS) is 9.95. The summed E-state index contributed by atoms with van der Waals surface area (Å²) in [6, 6.07) is 10.1. The van der Waals surface area contributed by atoms with Crippen LogP contribution in [0.3, 0.4) is 0 Å². The molecule has 0 aliphatic heterocycles. The first-order valence-electron chi connectivity index (χ1n) is 5.53. The average Bonchev–Trinajstić information content (AvgIpc) is 2.39. The van der Waals surface area contributed by atoms with Crippen molar-refractivity contribution >= 4 is 29.0 Å². The molecule has 0 fully saturated rings. The number of anilines is 2. The van der Waals surface area contributed by atoms with E-state index in [-0.39, 0.29) is 12.5 Å². The molecule has 5 nitrogen and oxygen atoms in total. The summed E-state index contributed by atoms with van der Waals surface area (Å²) in [6.45, 7) is -0.106. The minimum atomic E-state index is -0.286. The Morgan fingerprint density at radius 1 is 1.37 bits per heavy atom. The molecule has 19 heavy (non-hydrogen) atoms. The Hall–Kier alpha value is -2.27. The molecule has 1 aromatic carbocycles. The van der Waals surface area contributed by atoms with E-state index in [4.69, 9.17) is 22.1 Å². The number of aromatic nitrogens is 1. The van der Waals surface area contributed by atoms with Crippen LogP contribution in [0.4, 0.5) is 11.5 Å². The van der Waals surface area contributed by atoms with E-state index >= 15 is 0 Å². The van der Waals surface area contributed by atoms with Crippen molar-refractivity contribution in [2.45, 2.75) is 0 Å². The van der Waals surface area contributed by atoms with Crippen molar-refractivity contribution in [3.8, 4) is 5.75 Å². The molecule has 0 aliphatic carbocycles. The van der Waals surface area contributed by atoms with Crippen molar-refractivity contribution < 1.29 is 9.53 Å². The Morgan fingerprint density at radius 3 is 2.89 bits per heavy atom. The number of nitrogens with two attached hydrogens (primary N) is 1. The van der Waals surface area contributed by atoms with Crippen molar-refractivity contribution in [2.75, 3.05) is 17.7 Å². The van der Waals surface area contributed by atoms with Gasteiger partial charge in [-0.05, 0) is 30.3 Å². The molecule has 3 N–H and O–H groups in total.